The number of aromatic nitrogens is 3. The Kier molecular flexibility index (Phi) is 6.39. The Morgan fingerprint density at radius 2 is 1.86 bits per heavy atom. The molecule has 0 saturated heterocycles. The van der Waals surface area contributed by atoms with Crippen molar-refractivity contribution in [2.45, 2.75) is 79.3 Å². The Hall–Kier alpha value is -0.900. The zero-order chi connectivity index (χ0) is 16.1. The molecule has 0 aliphatic rings. The van der Waals surface area contributed by atoms with E-state index < -0.39 is 0 Å². The predicted molar refractivity (Wildman–Crippen MR) is 89.2 cm³/mol. The molecule has 0 fully saturated rings. The van der Waals surface area contributed by atoms with Crippen molar-refractivity contribution in [3.63, 3.8) is 0 Å². The largest absolute Gasteiger partial charge is 0.301 e. The van der Waals surface area contributed by atoms with Crippen molar-refractivity contribution in [1.82, 2.24) is 20.3 Å². The molecule has 0 atom stereocenters. The lowest BCUT2D eigenvalue weighted by Crippen LogP contribution is -2.20. The Labute approximate surface area is 130 Å². The van der Waals surface area contributed by atoms with Crippen LogP contribution in [-0.2, 0) is 12.1 Å². The highest BCUT2D eigenvalue weighted by atomic mass is 15.4. The van der Waals surface area contributed by atoms with Crippen molar-refractivity contribution in [2.75, 3.05) is 7.05 Å². The van der Waals surface area contributed by atoms with Crippen LogP contribution in [0.15, 0.2) is 6.20 Å². The lowest BCUT2D eigenvalue weighted by molar-refractivity contribution is 0.248. The summed E-state index contributed by atoms with van der Waals surface area (Å²) < 4.78 is 1.86. The monoisotopic (exact) mass is 294 g/mol. The van der Waals surface area contributed by atoms with Gasteiger partial charge in [-0.1, -0.05) is 53.2 Å². The van der Waals surface area contributed by atoms with Crippen molar-refractivity contribution in [3.8, 4) is 0 Å². The van der Waals surface area contributed by atoms with Gasteiger partial charge in [-0.2, -0.15) is 0 Å². The third-order valence-corrected chi connectivity index (χ3v) is 4.17. The minimum absolute atomic E-state index is 0.0971. The van der Waals surface area contributed by atoms with Crippen LogP contribution in [0.5, 0.6) is 0 Å². The Morgan fingerprint density at radius 1 is 1.19 bits per heavy atom. The van der Waals surface area contributed by atoms with E-state index in [1.165, 1.54) is 19.3 Å². The maximum atomic E-state index is 4.34. The summed E-state index contributed by atoms with van der Waals surface area (Å²) in [5, 5.41) is 11.6. The first-order valence-electron chi connectivity index (χ1n) is 8.21. The van der Waals surface area contributed by atoms with Crippen LogP contribution < -0.4 is 5.32 Å². The zero-order valence-corrected chi connectivity index (χ0v) is 15.0. The van der Waals surface area contributed by atoms with Crippen LogP contribution in [0.3, 0.4) is 0 Å². The lowest BCUT2D eigenvalue weighted by atomic mass is 9.76. The second-order valence-electron chi connectivity index (χ2n) is 8.15. The first kappa shape index (κ1) is 18.1. The quantitative estimate of drug-likeness (QED) is 0.749. The highest BCUT2D eigenvalue weighted by molar-refractivity contribution is 5.08. The van der Waals surface area contributed by atoms with Crippen LogP contribution >= 0.6 is 0 Å². The van der Waals surface area contributed by atoms with Gasteiger partial charge in [-0.05, 0) is 37.6 Å². The van der Waals surface area contributed by atoms with E-state index in [0.717, 1.165) is 18.0 Å². The van der Waals surface area contributed by atoms with E-state index in [1.54, 1.807) is 0 Å². The van der Waals surface area contributed by atoms with Crippen LogP contribution in [0, 0.1) is 11.3 Å². The Bertz CT molecular complexity index is 418. The number of rotatable bonds is 9. The van der Waals surface area contributed by atoms with Crippen molar-refractivity contribution in [1.29, 1.82) is 0 Å². The summed E-state index contributed by atoms with van der Waals surface area (Å²) in [6, 6.07) is 0. The summed E-state index contributed by atoms with van der Waals surface area (Å²) in [6.45, 7) is 14.7. The topological polar surface area (TPSA) is 42.7 Å². The van der Waals surface area contributed by atoms with Gasteiger partial charge in [-0.15, -0.1) is 5.10 Å². The average Bonchev–Trinajstić information content (AvgIpc) is 2.76. The number of hydrogen-bond acceptors (Lipinski definition) is 3. The van der Waals surface area contributed by atoms with Crippen molar-refractivity contribution >= 4 is 0 Å². The molecule has 0 amide bonds. The average molecular weight is 294 g/mol. The Balaban J connectivity index is 2.52. The van der Waals surface area contributed by atoms with E-state index >= 15 is 0 Å². The predicted octanol–water partition coefficient (Wildman–Crippen LogP) is 3.98. The van der Waals surface area contributed by atoms with Gasteiger partial charge < -0.3 is 5.32 Å². The fraction of sp³-hybridized carbons (Fsp3) is 0.882. The lowest BCUT2D eigenvalue weighted by Gasteiger charge is -2.29. The van der Waals surface area contributed by atoms with Crippen LogP contribution in [0.1, 0.15) is 72.9 Å². The maximum Gasteiger partial charge on any atom is 0.0919 e. The third-order valence-electron chi connectivity index (χ3n) is 4.17. The molecule has 0 spiro atoms. The first-order valence-corrected chi connectivity index (χ1v) is 8.21. The van der Waals surface area contributed by atoms with Gasteiger partial charge >= 0.3 is 0 Å². The first-order chi connectivity index (χ1) is 9.66. The summed E-state index contributed by atoms with van der Waals surface area (Å²) in [4.78, 5) is 0. The van der Waals surface area contributed by atoms with Gasteiger partial charge in [-0.25, -0.2) is 4.68 Å². The highest BCUT2D eigenvalue weighted by Crippen LogP contribution is 2.34. The molecule has 4 nitrogen and oxygen atoms in total. The number of nitrogens with one attached hydrogen (secondary N) is 1. The minimum Gasteiger partial charge on any atom is -0.301 e. The molecular formula is C17H34N4. The van der Waals surface area contributed by atoms with Crippen molar-refractivity contribution < 1.29 is 0 Å². The molecule has 1 heterocycles. The molecule has 0 aliphatic carbocycles. The standard InChI is InChI=1S/C17H34N4/c1-14(2)11-16(3,4)9-8-10-17(5,6)15-12-21(13-18-7)20-19-15/h12,14,18H,8-11,13H2,1-7H3. The number of hydrogen-bond donors (Lipinski definition) is 1. The van der Waals surface area contributed by atoms with Gasteiger partial charge in [0, 0.05) is 5.41 Å². The highest BCUT2D eigenvalue weighted by Gasteiger charge is 2.26. The second kappa shape index (κ2) is 7.39. The summed E-state index contributed by atoms with van der Waals surface area (Å²) >= 11 is 0. The second-order valence-corrected chi connectivity index (χ2v) is 8.15. The molecular weight excluding hydrogens is 260 g/mol. The van der Waals surface area contributed by atoms with Crippen molar-refractivity contribution in [2.24, 2.45) is 11.3 Å². The van der Waals surface area contributed by atoms with Gasteiger partial charge in [0.2, 0.25) is 0 Å². The smallest absolute Gasteiger partial charge is 0.0919 e. The van der Waals surface area contributed by atoms with Gasteiger partial charge in [0.05, 0.1) is 18.6 Å². The van der Waals surface area contributed by atoms with Crippen LogP contribution in [0.4, 0.5) is 0 Å². The molecule has 0 unspecified atom stereocenters. The van der Waals surface area contributed by atoms with E-state index in [-0.39, 0.29) is 5.41 Å². The van der Waals surface area contributed by atoms with Gasteiger partial charge in [0.1, 0.15) is 0 Å². The summed E-state index contributed by atoms with van der Waals surface area (Å²) in [7, 11) is 1.92. The molecule has 0 aliphatic heterocycles. The molecule has 1 aromatic heterocycles. The van der Waals surface area contributed by atoms with E-state index in [0.29, 0.717) is 12.1 Å². The molecule has 0 bridgehead atoms. The zero-order valence-electron chi connectivity index (χ0n) is 15.0. The molecule has 122 valence electrons. The Morgan fingerprint density at radius 3 is 2.43 bits per heavy atom. The van der Waals surface area contributed by atoms with Gasteiger partial charge in [0.15, 0.2) is 0 Å². The molecule has 1 N–H and O–H groups in total. The van der Waals surface area contributed by atoms with Crippen LogP contribution in [0.25, 0.3) is 0 Å². The van der Waals surface area contributed by atoms with Crippen LogP contribution in [0.2, 0.25) is 0 Å². The molecule has 21 heavy (non-hydrogen) atoms. The maximum absolute atomic E-state index is 4.34. The summed E-state index contributed by atoms with van der Waals surface area (Å²) in [6.07, 6.45) is 7.04. The van der Waals surface area contributed by atoms with Crippen molar-refractivity contribution in [3.05, 3.63) is 11.9 Å². The molecule has 4 heteroatoms. The normalized spacial score (nSPS) is 13.1. The molecule has 0 radical (unpaired) electrons. The summed E-state index contributed by atoms with van der Waals surface area (Å²) in [5.74, 6) is 0.773. The van der Waals surface area contributed by atoms with E-state index in [9.17, 15) is 0 Å². The molecule has 1 rings (SSSR count). The third kappa shape index (κ3) is 6.16. The minimum atomic E-state index is 0.0971. The molecule has 0 aromatic carbocycles. The summed E-state index contributed by atoms with van der Waals surface area (Å²) in [5.41, 5.74) is 1.63. The number of nitrogens with zero attached hydrogens (tertiary/aromatic N) is 3. The molecule has 0 saturated carbocycles. The fourth-order valence-electron chi connectivity index (χ4n) is 3.19. The SMILES string of the molecule is CNCn1cc(C(C)(C)CCCC(C)(C)CC(C)C)nn1. The fourth-order valence-corrected chi connectivity index (χ4v) is 3.19. The van der Waals surface area contributed by atoms with E-state index in [4.69, 9.17) is 0 Å². The van der Waals surface area contributed by atoms with E-state index in [2.05, 4.69) is 63.4 Å². The van der Waals surface area contributed by atoms with Crippen LogP contribution in [-0.4, -0.2) is 22.0 Å². The van der Waals surface area contributed by atoms with E-state index in [1.807, 2.05) is 11.7 Å². The van der Waals surface area contributed by atoms with Gasteiger partial charge in [-0.3, -0.25) is 0 Å². The van der Waals surface area contributed by atoms with Gasteiger partial charge in [0.25, 0.3) is 0 Å². The molecule has 1 aromatic rings.